The van der Waals surface area contributed by atoms with Crippen LogP contribution in [-0.2, 0) is 9.59 Å². The van der Waals surface area contributed by atoms with Crippen LogP contribution in [0.4, 0.5) is 5.69 Å². The topological polar surface area (TPSA) is 73.5 Å². The van der Waals surface area contributed by atoms with Gasteiger partial charge in [0, 0.05) is 45.0 Å². The number of nitrogens with zero attached hydrogens (tertiary/aromatic N) is 1. The zero-order valence-corrected chi connectivity index (χ0v) is 14.6. The monoisotopic (exact) mass is 332 g/mol. The summed E-state index contributed by atoms with van der Waals surface area (Å²) in [5.74, 6) is -0.854. The van der Waals surface area contributed by atoms with Gasteiger partial charge in [0.2, 0.25) is 0 Å². The van der Waals surface area contributed by atoms with Gasteiger partial charge in [0.05, 0.1) is 0 Å². The molecule has 0 spiro atoms. The Morgan fingerprint density at radius 3 is 2.62 bits per heavy atom. The number of hydrogen-bond donors (Lipinski definition) is 3. The number of rotatable bonds is 6. The van der Waals surface area contributed by atoms with Crippen molar-refractivity contribution in [1.82, 2.24) is 15.5 Å². The Bertz CT molecular complexity index is 556. The molecule has 1 aromatic carbocycles. The second-order valence-electron chi connectivity index (χ2n) is 6.20. The summed E-state index contributed by atoms with van der Waals surface area (Å²) in [6.45, 7) is 9.37. The molecule has 6 heteroatoms. The molecule has 1 unspecified atom stereocenters. The summed E-state index contributed by atoms with van der Waals surface area (Å²) in [4.78, 5) is 26.4. The summed E-state index contributed by atoms with van der Waals surface area (Å²) in [5, 5.41) is 8.72. The van der Waals surface area contributed by atoms with Crippen LogP contribution in [0.25, 0.3) is 0 Å². The summed E-state index contributed by atoms with van der Waals surface area (Å²) in [6.07, 6.45) is 0.976. The Morgan fingerprint density at radius 1 is 1.21 bits per heavy atom. The Kier molecular flexibility index (Phi) is 7.21. The molecule has 1 aliphatic rings. The zero-order valence-electron chi connectivity index (χ0n) is 14.6. The predicted molar refractivity (Wildman–Crippen MR) is 96.1 cm³/mol. The van der Waals surface area contributed by atoms with E-state index in [-0.39, 0.29) is 0 Å². The van der Waals surface area contributed by atoms with Crippen LogP contribution in [0.2, 0.25) is 0 Å². The van der Waals surface area contributed by atoms with E-state index in [1.54, 1.807) is 0 Å². The predicted octanol–water partition coefficient (Wildman–Crippen LogP) is 1.16. The van der Waals surface area contributed by atoms with Gasteiger partial charge in [-0.25, -0.2) is 0 Å². The molecular weight excluding hydrogens is 304 g/mol. The third-order valence-electron chi connectivity index (χ3n) is 4.48. The van der Waals surface area contributed by atoms with E-state index in [1.807, 2.05) is 24.3 Å². The molecule has 0 aromatic heterocycles. The molecule has 1 heterocycles. The zero-order chi connectivity index (χ0) is 17.4. The van der Waals surface area contributed by atoms with Crippen LogP contribution >= 0.6 is 0 Å². The minimum Gasteiger partial charge on any atom is -0.347 e. The van der Waals surface area contributed by atoms with Crippen LogP contribution in [0.3, 0.4) is 0 Å². The van der Waals surface area contributed by atoms with E-state index in [1.165, 1.54) is 0 Å². The molecule has 132 valence electrons. The van der Waals surface area contributed by atoms with E-state index in [0.717, 1.165) is 44.7 Å². The normalized spacial score (nSPS) is 16.4. The van der Waals surface area contributed by atoms with Gasteiger partial charge in [-0.05, 0) is 24.0 Å². The molecule has 2 rings (SSSR count). The Hall–Kier alpha value is -1.92. The largest absolute Gasteiger partial charge is 0.347 e. The van der Waals surface area contributed by atoms with Crippen molar-refractivity contribution < 1.29 is 9.59 Å². The first-order valence-corrected chi connectivity index (χ1v) is 8.73. The molecule has 3 N–H and O–H groups in total. The molecule has 0 aliphatic carbocycles. The van der Waals surface area contributed by atoms with Crippen molar-refractivity contribution in [3.05, 3.63) is 29.8 Å². The van der Waals surface area contributed by atoms with Crippen molar-refractivity contribution in [2.45, 2.75) is 26.2 Å². The molecule has 0 bridgehead atoms. The van der Waals surface area contributed by atoms with E-state index in [2.05, 4.69) is 34.7 Å². The van der Waals surface area contributed by atoms with Gasteiger partial charge in [-0.15, -0.1) is 0 Å². The fraction of sp³-hybridized carbons (Fsp3) is 0.556. The first-order chi connectivity index (χ1) is 11.6. The van der Waals surface area contributed by atoms with Crippen molar-refractivity contribution in [3.63, 3.8) is 0 Å². The molecule has 2 amide bonds. The quantitative estimate of drug-likeness (QED) is 0.684. The van der Waals surface area contributed by atoms with Crippen LogP contribution in [0.1, 0.15) is 31.7 Å². The molecule has 1 aliphatic heterocycles. The Balaban J connectivity index is 1.82. The number of hydrogen-bond acceptors (Lipinski definition) is 4. The van der Waals surface area contributed by atoms with Gasteiger partial charge < -0.3 is 16.0 Å². The standard InChI is InChI=1S/C18H28N4O2/c1-3-14(2)15-6-4-5-7-16(15)21-18(24)17(23)20-10-13-22-11-8-19-9-12-22/h4-7,14,19H,3,8-13H2,1-2H3,(H,20,23)(H,21,24). The molecular formula is C18H28N4O2. The number of piperazine rings is 1. The fourth-order valence-electron chi connectivity index (χ4n) is 2.78. The van der Waals surface area contributed by atoms with Crippen LogP contribution in [-0.4, -0.2) is 56.0 Å². The summed E-state index contributed by atoms with van der Waals surface area (Å²) >= 11 is 0. The molecule has 1 fully saturated rings. The Labute approximate surface area is 144 Å². The second kappa shape index (κ2) is 9.39. The maximum absolute atomic E-state index is 12.1. The maximum atomic E-state index is 12.1. The highest BCUT2D eigenvalue weighted by atomic mass is 16.2. The minimum absolute atomic E-state index is 0.331. The van der Waals surface area contributed by atoms with Gasteiger partial charge in [0.15, 0.2) is 0 Å². The maximum Gasteiger partial charge on any atom is 0.313 e. The third-order valence-corrected chi connectivity index (χ3v) is 4.48. The van der Waals surface area contributed by atoms with Crippen LogP contribution < -0.4 is 16.0 Å². The smallest absolute Gasteiger partial charge is 0.313 e. The van der Waals surface area contributed by atoms with E-state index in [9.17, 15) is 9.59 Å². The van der Waals surface area contributed by atoms with Crippen LogP contribution in [0, 0.1) is 0 Å². The molecule has 0 saturated carbocycles. The molecule has 1 atom stereocenters. The summed E-state index contributed by atoms with van der Waals surface area (Å²) in [6, 6.07) is 7.65. The van der Waals surface area contributed by atoms with Crippen LogP contribution in [0.5, 0.6) is 0 Å². The van der Waals surface area contributed by atoms with E-state index in [0.29, 0.717) is 18.2 Å². The van der Waals surface area contributed by atoms with Crippen molar-refractivity contribution in [1.29, 1.82) is 0 Å². The highest BCUT2D eigenvalue weighted by Crippen LogP contribution is 2.26. The molecule has 0 radical (unpaired) electrons. The van der Waals surface area contributed by atoms with Gasteiger partial charge in [-0.1, -0.05) is 32.0 Å². The third kappa shape index (κ3) is 5.32. The number of amides is 2. The number of carbonyl (C=O) groups is 2. The van der Waals surface area contributed by atoms with Crippen LogP contribution in [0.15, 0.2) is 24.3 Å². The molecule has 6 nitrogen and oxygen atoms in total. The average Bonchev–Trinajstić information content (AvgIpc) is 2.62. The minimum atomic E-state index is -0.605. The lowest BCUT2D eigenvalue weighted by atomic mass is 9.97. The lowest BCUT2D eigenvalue weighted by molar-refractivity contribution is -0.136. The van der Waals surface area contributed by atoms with E-state index >= 15 is 0 Å². The lowest BCUT2D eigenvalue weighted by Gasteiger charge is -2.27. The van der Waals surface area contributed by atoms with Gasteiger partial charge in [-0.3, -0.25) is 14.5 Å². The number of benzene rings is 1. The number of nitrogens with one attached hydrogen (secondary N) is 3. The van der Waals surface area contributed by atoms with Gasteiger partial charge in [-0.2, -0.15) is 0 Å². The van der Waals surface area contributed by atoms with Gasteiger partial charge >= 0.3 is 11.8 Å². The lowest BCUT2D eigenvalue weighted by Crippen LogP contribution is -2.47. The summed E-state index contributed by atoms with van der Waals surface area (Å²) in [5.41, 5.74) is 1.77. The summed E-state index contributed by atoms with van der Waals surface area (Å²) in [7, 11) is 0. The van der Waals surface area contributed by atoms with Gasteiger partial charge in [0.1, 0.15) is 0 Å². The highest BCUT2D eigenvalue weighted by Gasteiger charge is 2.17. The summed E-state index contributed by atoms with van der Waals surface area (Å²) < 4.78 is 0. The molecule has 1 saturated heterocycles. The first-order valence-electron chi connectivity index (χ1n) is 8.73. The number of anilines is 1. The number of carbonyl (C=O) groups excluding carboxylic acids is 2. The molecule has 24 heavy (non-hydrogen) atoms. The van der Waals surface area contributed by atoms with Crippen molar-refractivity contribution >= 4 is 17.5 Å². The van der Waals surface area contributed by atoms with Crippen molar-refractivity contribution in [2.24, 2.45) is 0 Å². The number of para-hydroxylation sites is 1. The second-order valence-corrected chi connectivity index (χ2v) is 6.20. The SMILES string of the molecule is CCC(C)c1ccccc1NC(=O)C(=O)NCCN1CCNCC1. The van der Waals surface area contributed by atoms with E-state index < -0.39 is 11.8 Å². The average molecular weight is 332 g/mol. The fourth-order valence-corrected chi connectivity index (χ4v) is 2.78. The van der Waals surface area contributed by atoms with Crippen molar-refractivity contribution in [2.75, 3.05) is 44.6 Å². The van der Waals surface area contributed by atoms with Gasteiger partial charge in [0.25, 0.3) is 0 Å². The first kappa shape index (κ1) is 18.4. The van der Waals surface area contributed by atoms with E-state index in [4.69, 9.17) is 0 Å². The highest BCUT2D eigenvalue weighted by molar-refractivity contribution is 6.39. The Morgan fingerprint density at radius 2 is 1.92 bits per heavy atom. The molecule has 1 aromatic rings. The van der Waals surface area contributed by atoms with Crippen molar-refractivity contribution in [3.8, 4) is 0 Å².